The smallest absolute Gasteiger partial charge is 0.169 e. The first kappa shape index (κ1) is 10.9. The van der Waals surface area contributed by atoms with Gasteiger partial charge in [-0.25, -0.2) is 0 Å². The zero-order valence-electron chi connectivity index (χ0n) is 9.25. The van der Waals surface area contributed by atoms with Crippen LogP contribution in [-0.2, 0) is 0 Å². The molecule has 0 radical (unpaired) electrons. The number of fused-ring (bicyclic) bond motifs is 1. The molecule has 4 nitrogen and oxygen atoms in total. The van der Waals surface area contributed by atoms with Crippen LogP contribution in [0.15, 0.2) is 42.6 Å². The predicted octanol–water partition coefficient (Wildman–Crippen LogP) is 2.86. The first-order valence-electron chi connectivity index (χ1n) is 5.34. The summed E-state index contributed by atoms with van der Waals surface area (Å²) >= 11 is 6.14. The molecule has 0 fully saturated rings. The molecule has 0 aliphatic heterocycles. The van der Waals surface area contributed by atoms with E-state index in [1.165, 1.54) is 0 Å². The fourth-order valence-electron chi connectivity index (χ4n) is 1.81. The molecule has 0 N–H and O–H groups in total. The van der Waals surface area contributed by atoms with Gasteiger partial charge in [-0.1, -0.05) is 23.7 Å². The highest BCUT2D eigenvalue weighted by Gasteiger charge is 2.10. The maximum Gasteiger partial charge on any atom is 0.169 e. The average Bonchev–Trinajstić information content (AvgIpc) is 2.82. The van der Waals surface area contributed by atoms with Gasteiger partial charge in [-0.05, 0) is 24.3 Å². The third kappa shape index (κ3) is 1.67. The van der Waals surface area contributed by atoms with Crippen LogP contribution in [-0.4, -0.2) is 20.9 Å². The highest BCUT2D eigenvalue weighted by atomic mass is 35.5. The number of halogens is 1. The second-order valence-corrected chi connectivity index (χ2v) is 4.22. The zero-order valence-corrected chi connectivity index (χ0v) is 10.0. The lowest BCUT2D eigenvalue weighted by molar-refractivity contribution is 0.112. The predicted molar refractivity (Wildman–Crippen MR) is 68.8 cm³/mol. The van der Waals surface area contributed by atoms with Gasteiger partial charge in [-0.15, -0.1) is 10.2 Å². The number of nitrogens with zero attached hydrogens (tertiary/aromatic N) is 3. The van der Waals surface area contributed by atoms with Crippen molar-refractivity contribution < 1.29 is 4.79 Å². The van der Waals surface area contributed by atoms with Crippen LogP contribution in [0.2, 0.25) is 5.02 Å². The molecular formula is C13H8ClN3O. The number of benzene rings is 1. The van der Waals surface area contributed by atoms with Crippen LogP contribution in [0.5, 0.6) is 0 Å². The summed E-state index contributed by atoms with van der Waals surface area (Å²) in [6, 6.07) is 10.8. The average molecular weight is 258 g/mol. The first-order chi connectivity index (χ1) is 8.79. The van der Waals surface area contributed by atoms with E-state index in [1.54, 1.807) is 28.8 Å². The van der Waals surface area contributed by atoms with Crippen molar-refractivity contribution in [1.82, 2.24) is 14.6 Å². The largest absolute Gasteiger partial charge is 0.298 e. The Bertz CT molecular complexity index is 736. The molecule has 88 valence electrons. The second-order valence-electron chi connectivity index (χ2n) is 3.81. The first-order valence-corrected chi connectivity index (χ1v) is 5.72. The minimum Gasteiger partial charge on any atom is -0.298 e. The number of hydrogen-bond donors (Lipinski definition) is 0. The van der Waals surface area contributed by atoms with E-state index in [0.717, 1.165) is 11.8 Å². The van der Waals surface area contributed by atoms with Crippen LogP contribution in [0.1, 0.15) is 10.4 Å². The Morgan fingerprint density at radius 2 is 2.00 bits per heavy atom. The van der Waals surface area contributed by atoms with E-state index in [2.05, 4.69) is 10.2 Å². The molecule has 0 unspecified atom stereocenters. The minimum absolute atomic E-state index is 0.570. The van der Waals surface area contributed by atoms with Crippen LogP contribution in [0.25, 0.3) is 17.0 Å². The number of hydrogen-bond acceptors (Lipinski definition) is 3. The molecule has 1 aromatic carbocycles. The maximum absolute atomic E-state index is 10.7. The van der Waals surface area contributed by atoms with Crippen molar-refractivity contribution in [3.05, 3.63) is 53.2 Å². The van der Waals surface area contributed by atoms with Crippen molar-refractivity contribution in [2.45, 2.75) is 0 Å². The highest BCUT2D eigenvalue weighted by Crippen LogP contribution is 2.26. The van der Waals surface area contributed by atoms with E-state index in [-0.39, 0.29) is 0 Å². The van der Waals surface area contributed by atoms with Crippen LogP contribution in [0, 0.1) is 0 Å². The summed E-state index contributed by atoms with van der Waals surface area (Å²) in [5.74, 6) is 0.660. The third-order valence-electron chi connectivity index (χ3n) is 2.68. The summed E-state index contributed by atoms with van der Waals surface area (Å²) in [5.41, 5.74) is 2.00. The van der Waals surface area contributed by atoms with Gasteiger partial charge in [0.1, 0.15) is 6.29 Å². The number of aldehydes is 1. The molecule has 0 atom stereocenters. The second kappa shape index (κ2) is 4.23. The van der Waals surface area contributed by atoms with E-state index >= 15 is 0 Å². The van der Waals surface area contributed by atoms with Gasteiger partial charge < -0.3 is 0 Å². The van der Waals surface area contributed by atoms with E-state index in [4.69, 9.17) is 11.6 Å². The van der Waals surface area contributed by atoms with Crippen molar-refractivity contribution in [3.63, 3.8) is 0 Å². The Balaban J connectivity index is 2.25. The number of pyridine rings is 1. The van der Waals surface area contributed by atoms with Gasteiger partial charge in [0, 0.05) is 17.3 Å². The van der Waals surface area contributed by atoms with Gasteiger partial charge in [0.05, 0.1) is 5.02 Å². The Kier molecular flexibility index (Phi) is 2.57. The van der Waals surface area contributed by atoms with E-state index < -0.39 is 0 Å². The fourth-order valence-corrected chi connectivity index (χ4v) is 2.03. The van der Waals surface area contributed by atoms with Crippen molar-refractivity contribution in [2.24, 2.45) is 0 Å². The van der Waals surface area contributed by atoms with Crippen LogP contribution in [0.3, 0.4) is 0 Å². The van der Waals surface area contributed by atoms with Gasteiger partial charge >= 0.3 is 0 Å². The van der Waals surface area contributed by atoms with Crippen molar-refractivity contribution in [2.75, 3.05) is 0 Å². The van der Waals surface area contributed by atoms with Crippen molar-refractivity contribution >= 4 is 23.5 Å². The molecule has 0 aliphatic rings. The fraction of sp³-hybridized carbons (Fsp3) is 0. The summed E-state index contributed by atoms with van der Waals surface area (Å²) in [6.45, 7) is 0. The van der Waals surface area contributed by atoms with Crippen molar-refractivity contribution in [3.8, 4) is 11.4 Å². The van der Waals surface area contributed by atoms with Gasteiger partial charge in [-0.2, -0.15) is 0 Å². The normalized spacial score (nSPS) is 10.7. The summed E-state index contributed by atoms with van der Waals surface area (Å²) < 4.78 is 1.80. The minimum atomic E-state index is 0.570. The molecule has 0 spiro atoms. The molecule has 18 heavy (non-hydrogen) atoms. The Morgan fingerprint density at radius 3 is 2.78 bits per heavy atom. The Morgan fingerprint density at radius 1 is 1.17 bits per heavy atom. The van der Waals surface area contributed by atoms with Crippen molar-refractivity contribution in [1.29, 1.82) is 0 Å². The molecule has 0 amide bonds. The lowest BCUT2D eigenvalue weighted by atomic mass is 10.2. The number of carbonyl (C=O) groups excluding carboxylic acids is 1. The molecule has 3 rings (SSSR count). The zero-order chi connectivity index (χ0) is 12.5. The van der Waals surface area contributed by atoms with Gasteiger partial charge in [0.25, 0.3) is 0 Å². The molecule has 2 aromatic heterocycles. The molecule has 0 aliphatic carbocycles. The SMILES string of the molecule is O=Cc1ccn2c(-c3ccccc3Cl)nnc2c1. The monoisotopic (exact) mass is 257 g/mol. The number of rotatable bonds is 2. The summed E-state index contributed by atoms with van der Waals surface area (Å²) in [4.78, 5) is 10.7. The molecule has 3 aromatic rings. The maximum atomic E-state index is 10.7. The summed E-state index contributed by atoms with van der Waals surface area (Å²) in [6.07, 6.45) is 2.54. The van der Waals surface area contributed by atoms with Gasteiger partial charge in [0.2, 0.25) is 0 Å². The van der Waals surface area contributed by atoms with Crippen LogP contribution >= 0.6 is 11.6 Å². The van der Waals surface area contributed by atoms with Gasteiger partial charge in [0.15, 0.2) is 11.5 Å². The lowest BCUT2D eigenvalue weighted by Crippen LogP contribution is -1.91. The molecule has 5 heteroatoms. The third-order valence-corrected chi connectivity index (χ3v) is 3.01. The number of carbonyl (C=O) groups is 1. The molecule has 0 saturated heterocycles. The van der Waals surface area contributed by atoms with E-state index in [9.17, 15) is 4.79 Å². The lowest BCUT2D eigenvalue weighted by Gasteiger charge is -2.02. The standard InChI is InChI=1S/C13H8ClN3O/c14-11-4-2-1-3-10(11)13-16-15-12-7-9(8-18)5-6-17(12)13/h1-8H. The van der Waals surface area contributed by atoms with Crippen LogP contribution in [0.4, 0.5) is 0 Å². The van der Waals surface area contributed by atoms with Gasteiger partial charge in [-0.3, -0.25) is 9.20 Å². The highest BCUT2D eigenvalue weighted by molar-refractivity contribution is 6.33. The molecule has 0 saturated carbocycles. The Hall–Kier alpha value is -2.20. The Labute approximate surface area is 108 Å². The molecule has 2 heterocycles. The van der Waals surface area contributed by atoms with E-state index in [0.29, 0.717) is 22.1 Å². The topological polar surface area (TPSA) is 47.3 Å². The van der Waals surface area contributed by atoms with Crippen LogP contribution < -0.4 is 0 Å². The van der Waals surface area contributed by atoms with E-state index in [1.807, 2.05) is 18.2 Å². The molecule has 0 bridgehead atoms. The summed E-state index contributed by atoms with van der Waals surface area (Å²) in [5, 5.41) is 8.77. The number of aromatic nitrogens is 3. The summed E-state index contributed by atoms with van der Waals surface area (Å²) in [7, 11) is 0. The quantitative estimate of drug-likeness (QED) is 0.663. The molecular weight excluding hydrogens is 250 g/mol.